The molecule has 102 valence electrons. The Morgan fingerprint density at radius 3 is 2.53 bits per heavy atom. The molecule has 1 heterocycles. The molecule has 0 unspecified atom stereocenters. The van der Waals surface area contributed by atoms with Crippen LogP contribution in [0.25, 0.3) is 0 Å². The van der Waals surface area contributed by atoms with Gasteiger partial charge in [-0.2, -0.15) is 0 Å². The van der Waals surface area contributed by atoms with Gasteiger partial charge in [0, 0.05) is 16.4 Å². The zero-order valence-electron chi connectivity index (χ0n) is 10.3. The van der Waals surface area contributed by atoms with Gasteiger partial charge in [-0.05, 0) is 24.6 Å². The summed E-state index contributed by atoms with van der Waals surface area (Å²) in [6.45, 7) is 2.11. The van der Waals surface area contributed by atoms with Gasteiger partial charge in [0.25, 0.3) is 0 Å². The second-order valence-corrected chi connectivity index (χ2v) is 7.26. The summed E-state index contributed by atoms with van der Waals surface area (Å²) in [7, 11) is -3.47. The van der Waals surface area contributed by atoms with E-state index in [1.165, 1.54) is 11.3 Å². The fourth-order valence-electron chi connectivity index (χ4n) is 1.48. The Labute approximate surface area is 125 Å². The van der Waals surface area contributed by atoms with E-state index in [9.17, 15) is 8.42 Å². The second kappa shape index (κ2) is 6.13. The fourth-order valence-corrected chi connectivity index (χ4v) is 3.65. The van der Waals surface area contributed by atoms with Crippen LogP contribution in [0.4, 0.5) is 0 Å². The molecule has 0 aliphatic rings. The summed E-state index contributed by atoms with van der Waals surface area (Å²) >= 11 is 4.77. The molecule has 0 aliphatic heterocycles. The Morgan fingerprint density at radius 1 is 1.32 bits per heavy atom. The average Bonchev–Trinajstić information content (AvgIpc) is 2.82. The molecule has 0 saturated heterocycles. The lowest BCUT2D eigenvalue weighted by Gasteiger charge is -2.05. The first-order valence-corrected chi connectivity index (χ1v) is 9.05. The zero-order valence-corrected chi connectivity index (χ0v) is 13.5. The normalized spacial score (nSPS) is 11.7. The van der Waals surface area contributed by atoms with E-state index in [4.69, 9.17) is 0 Å². The standard InChI is InChI=1S/C12H13BrN2O2S2/c1-9-8-18-12(15-9)7-14-19(16,17)11-4-2-10(6-13)3-5-11/h2-5,8,14H,6-7H2,1H3. The van der Waals surface area contributed by atoms with Crippen LogP contribution in [0.5, 0.6) is 0 Å². The lowest BCUT2D eigenvalue weighted by atomic mass is 10.2. The van der Waals surface area contributed by atoms with Crippen molar-refractivity contribution in [3.8, 4) is 0 Å². The number of aryl methyl sites for hydroxylation is 1. The maximum atomic E-state index is 12.1. The molecule has 2 rings (SSSR count). The minimum Gasteiger partial charge on any atom is -0.245 e. The van der Waals surface area contributed by atoms with Crippen LogP contribution >= 0.6 is 27.3 Å². The number of alkyl halides is 1. The quantitative estimate of drug-likeness (QED) is 0.834. The van der Waals surface area contributed by atoms with Crippen molar-refractivity contribution < 1.29 is 8.42 Å². The summed E-state index contributed by atoms with van der Waals surface area (Å²) in [5.41, 5.74) is 1.94. The van der Waals surface area contributed by atoms with Crippen molar-refractivity contribution >= 4 is 37.3 Å². The Bertz CT molecular complexity index is 651. The summed E-state index contributed by atoms with van der Waals surface area (Å²) in [5.74, 6) is 0. The lowest BCUT2D eigenvalue weighted by molar-refractivity contribution is 0.581. The molecule has 0 atom stereocenters. The number of thiazole rings is 1. The van der Waals surface area contributed by atoms with Crippen LogP contribution in [-0.4, -0.2) is 13.4 Å². The molecule has 0 amide bonds. The first kappa shape index (κ1) is 14.6. The van der Waals surface area contributed by atoms with E-state index in [1.807, 2.05) is 12.3 Å². The van der Waals surface area contributed by atoms with Crippen molar-refractivity contribution in [1.29, 1.82) is 0 Å². The van der Waals surface area contributed by atoms with Gasteiger partial charge in [-0.15, -0.1) is 11.3 Å². The minimum absolute atomic E-state index is 0.223. The van der Waals surface area contributed by atoms with Crippen LogP contribution < -0.4 is 4.72 Å². The van der Waals surface area contributed by atoms with Crippen LogP contribution in [-0.2, 0) is 21.9 Å². The number of sulfonamides is 1. The van der Waals surface area contributed by atoms with E-state index in [-0.39, 0.29) is 11.4 Å². The van der Waals surface area contributed by atoms with E-state index in [0.29, 0.717) is 5.33 Å². The predicted octanol–water partition coefficient (Wildman–Crippen LogP) is 2.82. The average molecular weight is 361 g/mol. The number of hydrogen-bond acceptors (Lipinski definition) is 4. The van der Waals surface area contributed by atoms with Crippen molar-refractivity contribution in [2.75, 3.05) is 0 Å². The van der Waals surface area contributed by atoms with E-state index in [1.54, 1.807) is 24.3 Å². The van der Waals surface area contributed by atoms with Crippen LogP contribution in [0, 0.1) is 6.92 Å². The molecule has 7 heteroatoms. The van der Waals surface area contributed by atoms with Gasteiger partial charge in [-0.25, -0.2) is 18.1 Å². The molecule has 0 aliphatic carbocycles. The van der Waals surface area contributed by atoms with Crippen molar-refractivity contribution in [2.45, 2.75) is 23.7 Å². The lowest BCUT2D eigenvalue weighted by Crippen LogP contribution is -2.23. The third kappa shape index (κ3) is 3.85. The van der Waals surface area contributed by atoms with Gasteiger partial charge in [-0.3, -0.25) is 0 Å². The number of halogens is 1. The molecular weight excluding hydrogens is 348 g/mol. The van der Waals surface area contributed by atoms with Gasteiger partial charge in [0.05, 0.1) is 11.4 Å². The Hall–Kier alpha value is -0.760. The number of aromatic nitrogens is 1. The molecule has 1 aromatic carbocycles. The van der Waals surface area contributed by atoms with Crippen molar-refractivity contribution in [1.82, 2.24) is 9.71 Å². The van der Waals surface area contributed by atoms with Gasteiger partial charge in [0.15, 0.2) is 0 Å². The van der Waals surface area contributed by atoms with E-state index >= 15 is 0 Å². The molecule has 0 bridgehead atoms. The molecule has 0 spiro atoms. The highest BCUT2D eigenvalue weighted by molar-refractivity contribution is 9.08. The summed E-state index contributed by atoms with van der Waals surface area (Å²) < 4.78 is 26.7. The highest BCUT2D eigenvalue weighted by atomic mass is 79.9. The monoisotopic (exact) mass is 360 g/mol. The zero-order chi connectivity index (χ0) is 13.9. The number of hydrogen-bond donors (Lipinski definition) is 1. The van der Waals surface area contributed by atoms with Gasteiger partial charge in [-0.1, -0.05) is 28.1 Å². The van der Waals surface area contributed by atoms with Crippen LogP contribution in [0.3, 0.4) is 0 Å². The fraction of sp³-hybridized carbons (Fsp3) is 0.250. The molecule has 2 aromatic rings. The summed E-state index contributed by atoms with van der Waals surface area (Å²) in [6.07, 6.45) is 0. The maximum Gasteiger partial charge on any atom is 0.240 e. The topological polar surface area (TPSA) is 59.1 Å². The van der Waals surface area contributed by atoms with Gasteiger partial charge < -0.3 is 0 Å². The van der Waals surface area contributed by atoms with Crippen molar-refractivity contribution in [3.05, 3.63) is 45.9 Å². The van der Waals surface area contributed by atoms with E-state index in [2.05, 4.69) is 25.6 Å². The van der Waals surface area contributed by atoms with Crippen molar-refractivity contribution in [2.24, 2.45) is 0 Å². The van der Waals surface area contributed by atoms with Gasteiger partial charge >= 0.3 is 0 Å². The Balaban J connectivity index is 2.09. The summed E-state index contributed by atoms with van der Waals surface area (Å²) in [5, 5.41) is 3.37. The summed E-state index contributed by atoms with van der Waals surface area (Å²) in [6, 6.07) is 6.78. The largest absolute Gasteiger partial charge is 0.245 e. The predicted molar refractivity (Wildman–Crippen MR) is 79.9 cm³/mol. The molecule has 0 fully saturated rings. The molecular formula is C12H13BrN2O2S2. The minimum atomic E-state index is -3.47. The third-order valence-electron chi connectivity index (χ3n) is 2.47. The second-order valence-electron chi connectivity index (χ2n) is 3.98. The first-order valence-electron chi connectivity index (χ1n) is 5.57. The smallest absolute Gasteiger partial charge is 0.240 e. The van der Waals surface area contributed by atoms with Gasteiger partial charge in [0.2, 0.25) is 10.0 Å². The van der Waals surface area contributed by atoms with E-state index < -0.39 is 10.0 Å². The summed E-state index contributed by atoms with van der Waals surface area (Å²) in [4.78, 5) is 4.49. The van der Waals surface area contributed by atoms with Crippen LogP contribution in [0.15, 0.2) is 34.5 Å². The molecule has 1 aromatic heterocycles. The molecule has 0 saturated carbocycles. The molecule has 19 heavy (non-hydrogen) atoms. The van der Waals surface area contributed by atoms with E-state index in [0.717, 1.165) is 16.3 Å². The Kier molecular flexibility index (Phi) is 4.72. The highest BCUT2D eigenvalue weighted by Gasteiger charge is 2.14. The van der Waals surface area contributed by atoms with Crippen molar-refractivity contribution in [3.63, 3.8) is 0 Å². The number of benzene rings is 1. The SMILES string of the molecule is Cc1csc(CNS(=O)(=O)c2ccc(CBr)cc2)n1. The molecule has 0 radical (unpaired) electrons. The first-order chi connectivity index (χ1) is 9.01. The van der Waals surface area contributed by atoms with Crippen LogP contribution in [0.1, 0.15) is 16.3 Å². The van der Waals surface area contributed by atoms with Crippen LogP contribution in [0.2, 0.25) is 0 Å². The number of nitrogens with one attached hydrogen (secondary N) is 1. The highest BCUT2D eigenvalue weighted by Crippen LogP contribution is 2.14. The number of rotatable bonds is 5. The molecule has 4 nitrogen and oxygen atoms in total. The maximum absolute atomic E-state index is 12.1. The third-order valence-corrected chi connectivity index (χ3v) is 5.50. The Morgan fingerprint density at radius 2 is 2.00 bits per heavy atom. The number of nitrogens with zero attached hydrogens (tertiary/aromatic N) is 1. The van der Waals surface area contributed by atoms with Gasteiger partial charge in [0.1, 0.15) is 5.01 Å². The molecule has 1 N–H and O–H groups in total.